The molecule has 2 rings (SSSR count). The topological polar surface area (TPSA) is 75.2 Å². The lowest BCUT2D eigenvalue weighted by atomic mass is 10.1. The van der Waals surface area contributed by atoms with E-state index in [1.807, 2.05) is 20.8 Å². The van der Waals surface area contributed by atoms with Gasteiger partial charge in [0.2, 0.25) is 0 Å². The average molecular weight is 508 g/mol. The summed E-state index contributed by atoms with van der Waals surface area (Å²) >= 11 is 0. The maximum absolute atomic E-state index is 13.1. The van der Waals surface area contributed by atoms with Crippen LogP contribution in [0.4, 0.5) is 9.18 Å². The fourth-order valence-corrected chi connectivity index (χ4v) is 2.64. The normalized spacial score (nSPS) is 15.9. The number of nitrogens with one attached hydrogen (secondary N) is 2. The molecule has 1 heterocycles. The zero-order valence-electron chi connectivity index (χ0n) is 17.0. The molecule has 0 spiro atoms. The number of benzene rings is 1. The van der Waals surface area contributed by atoms with Crippen molar-refractivity contribution < 1.29 is 18.7 Å². The van der Waals surface area contributed by atoms with Crippen molar-refractivity contribution in [2.75, 3.05) is 33.8 Å². The molecule has 0 aliphatic carbocycles. The summed E-state index contributed by atoms with van der Waals surface area (Å²) in [7, 11) is 3.29. The van der Waals surface area contributed by atoms with Crippen LogP contribution < -0.4 is 10.6 Å². The van der Waals surface area contributed by atoms with Gasteiger partial charge in [-0.1, -0.05) is 12.1 Å². The van der Waals surface area contributed by atoms with Crippen molar-refractivity contribution in [2.24, 2.45) is 4.99 Å². The summed E-state index contributed by atoms with van der Waals surface area (Å²) in [6.07, 6.45) is -0.539. The second-order valence-electron chi connectivity index (χ2n) is 7.46. The number of likely N-dealkylation sites (tertiary alicyclic amines) is 1. The number of guanidine groups is 1. The third-order valence-electron chi connectivity index (χ3n) is 4.08. The summed E-state index contributed by atoms with van der Waals surface area (Å²) < 4.78 is 23.9. The number of methoxy groups -OCH3 is 1. The highest BCUT2D eigenvalue weighted by Gasteiger charge is 2.34. The summed E-state index contributed by atoms with van der Waals surface area (Å²) in [6.45, 7) is 7.13. The lowest BCUT2D eigenvalue weighted by Crippen LogP contribution is -2.63. The average Bonchev–Trinajstić information content (AvgIpc) is 2.55. The van der Waals surface area contributed by atoms with Gasteiger partial charge in [-0.25, -0.2) is 9.18 Å². The van der Waals surface area contributed by atoms with Crippen molar-refractivity contribution in [1.82, 2.24) is 15.5 Å². The number of ether oxygens (including phenoxy) is 2. The van der Waals surface area contributed by atoms with E-state index < -0.39 is 5.60 Å². The number of carbonyl (C=O) groups excluding carboxylic acids is 1. The molecule has 0 radical (unpaired) electrons. The van der Waals surface area contributed by atoms with Crippen LogP contribution in [0.2, 0.25) is 0 Å². The molecule has 1 aromatic carbocycles. The summed E-state index contributed by atoms with van der Waals surface area (Å²) in [4.78, 5) is 17.8. The third-order valence-corrected chi connectivity index (χ3v) is 4.08. The van der Waals surface area contributed by atoms with Gasteiger partial charge in [-0.05, 0) is 38.5 Å². The summed E-state index contributed by atoms with van der Waals surface area (Å²) in [5.41, 5.74) is 0.379. The van der Waals surface area contributed by atoms with Crippen LogP contribution in [0.5, 0.6) is 0 Å². The van der Waals surface area contributed by atoms with Gasteiger partial charge in [-0.3, -0.25) is 4.99 Å². The van der Waals surface area contributed by atoms with Crippen LogP contribution in [-0.2, 0) is 9.47 Å². The standard InChI is InChI=1S/C19H29FN4O3.HI/c1-19(2,3)27-18(25)24-11-15(12-24)23-17(21-4)22-10-16(26-5)13-6-8-14(20)9-7-13;/h6-9,15-16H,10-12H2,1-5H3,(H2,21,22,23);1H. The monoisotopic (exact) mass is 508 g/mol. The Kier molecular flexibility index (Phi) is 9.42. The Hall–Kier alpha value is -1.62. The van der Waals surface area contributed by atoms with E-state index in [0.717, 1.165) is 5.56 Å². The molecule has 9 heteroatoms. The van der Waals surface area contributed by atoms with E-state index >= 15 is 0 Å². The first-order valence-electron chi connectivity index (χ1n) is 8.95. The summed E-state index contributed by atoms with van der Waals surface area (Å²) in [5, 5.41) is 6.47. The van der Waals surface area contributed by atoms with E-state index in [1.165, 1.54) is 12.1 Å². The first-order chi connectivity index (χ1) is 12.7. The van der Waals surface area contributed by atoms with Crippen molar-refractivity contribution in [1.29, 1.82) is 0 Å². The second kappa shape index (κ2) is 10.8. The number of hydrogen-bond donors (Lipinski definition) is 2. The van der Waals surface area contributed by atoms with Crippen LogP contribution >= 0.6 is 24.0 Å². The van der Waals surface area contributed by atoms with E-state index in [-0.39, 0.29) is 48.0 Å². The first-order valence-corrected chi connectivity index (χ1v) is 8.95. The molecule has 0 bridgehead atoms. The van der Waals surface area contributed by atoms with Gasteiger partial charge in [0, 0.05) is 33.8 Å². The molecule has 0 saturated carbocycles. The summed E-state index contributed by atoms with van der Waals surface area (Å²) in [5.74, 6) is 0.339. The second-order valence-corrected chi connectivity index (χ2v) is 7.46. The molecule has 1 aromatic rings. The van der Waals surface area contributed by atoms with Crippen LogP contribution in [0, 0.1) is 5.82 Å². The molecular weight excluding hydrogens is 478 g/mol. The Morgan fingerprint density at radius 3 is 2.43 bits per heavy atom. The van der Waals surface area contributed by atoms with Gasteiger partial charge >= 0.3 is 6.09 Å². The maximum atomic E-state index is 13.1. The molecule has 1 aliphatic rings. The van der Waals surface area contributed by atoms with Crippen LogP contribution in [0.3, 0.4) is 0 Å². The van der Waals surface area contributed by atoms with Crippen molar-refractivity contribution >= 4 is 36.0 Å². The quantitative estimate of drug-likeness (QED) is 0.364. The smallest absolute Gasteiger partial charge is 0.410 e. The van der Waals surface area contributed by atoms with Gasteiger partial charge in [0.1, 0.15) is 11.4 Å². The molecule has 1 saturated heterocycles. The zero-order valence-corrected chi connectivity index (χ0v) is 19.3. The Balaban J connectivity index is 0.00000392. The minimum atomic E-state index is -0.497. The lowest BCUT2D eigenvalue weighted by Gasteiger charge is -2.40. The Bertz CT molecular complexity index is 658. The predicted octanol–water partition coefficient (Wildman–Crippen LogP) is 2.92. The molecule has 1 fully saturated rings. The Morgan fingerprint density at radius 1 is 1.32 bits per heavy atom. The number of aliphatic imine (C=N–C) groups is 1. The van der Waals surface area contributed by atoms with Crippen molar-refractivity contribution in [3.05, 3.63) is 35.6 Å². The van der Waals surface area contributed by atoms with Gasteiger partial charge < -0.3 is 25.0 Å². The van der Waals surface area contributed by atoms with Crippen LogP contribution in [0.1, 0.15) is 32.4 Å². The van der Waals surface area contributed by atoms with Crippen LogP contribution in [0.25, 0.3) is 0 Å². The SMILES string of the molecule is CN=C(NCC(OC)c1ccc(F)cc1)NC1CN(C(=O)OC(C)(C)C)C1.I. The van der Waals surface area contributed by atoms with E-state index in [4.69, 9.17) is 9.47 Å². The maximum Gasteiger partial charge on any atom is 0.410 e. The molecule has 0 aromatic heterocycles. The molecule has 1 amide bonds. The molecule has 1 aliphatic heterocycles. The zero-order chi connectivity index (χ0) is 20.0. The number of hydrogen-bond acceptors (Lipinski definition) is 4. The first kappa shape index (κ1) is 24.4. The number of carbonyl (C=O) groups is 1. The predicted molar refractivity (Wildman–Crippen MR) is 118 cm³/mol. The summed E-state index contributed by atoms with van der Waals surface area (Å²) in [6, 6.07) is 6.33. The van der Waals surface area contributed by atoms with Gasteiger partial charge in [-0.2, -0.15) is 0 Å². The van der Waals surface area contributed by atoms with Gasteiger partial charge in [0.15, 0.2) is 5.96 Å². The fourth-order valence-electron chi connectivity index (χ4n) is 2.64. The minimum absolute atomic E-state index is 0. The highest BCUT2D eigenvalue weighted by molar-refractivity contribution is 14.0. The largest absolute Gasteiger partial charge is 0.444 e. The number of halogens is 2. The highest BCUT2D eigenvalue weighted by Crippen LogP contribution is 2.17. The van der Waals surface area contributed by atoms with Crippen molar-refractivity contribution in [3.8, 4) is 0 Å². The highest BCUT2D eigenvalue weighted by atomic mass is 127. The van der Waals surface area contributed by atoms with Gasteiger partial charge in [0.25, 0.3) is 0 Å². The van der Waals surface area contributed by atoms with Gasteiger partial charge in [0.05, 0.1) is 12.1 Å². The van der Waals surface area contributed by atoms with Crippen LogP contribution in [0.15, 0.2) is 29.3 Å². The molecule has 7 nitrogen and oxygen atoms in total. The van der Waals surface area contributed by atoms with E-state index in [9.17, 15) is 9.18 Å². The fraction of sp³-hybridized carbons (Fsp3) is 0.579. The Morgan fingerprint density at radius 2 is 1.93 bits per heavy atom. The molecular formula is C19H30FIN4O3. The third kappa shape index (κ3) is 7.42. The van der Waals surface area contributed by atoms with Crippen molar-refractivity contribution in [3.63, 3.8) is 0 Å². The minimum Gasteiger partial charge on any atom is -0.444 e. The van der Waals surface area contributed by atoms with E-state index in [0.29, 0.717) is 25.6 Å². The molecule has 158 valence electrons. The number of nitrogens with zero attached hydrogens (tertiary/aromatic N) is 2. The molecule has 1 atom stereocenters. The van der Waals surface area contributed by atoms with Gasteiger partial charge in [-0.15, -0.1) is 24.0 Å². The molecule has 1 unspecified atom stereocenters. The Labute approximate surface area is 183 Å². The van der Waals surface area contributed by atoms with Crippen LogP contribution in [-0.4, -0.2) is 62.4 Å². The van der Waals surface area contributed by atoms with E-state index in [1.54, 1.807) is 31.2 Å². The number of amides is 1. The van der Waals surface area contributed by atoms with Crippen molar-refractivity contribution in [2.45, 2.75) is 38.5 Å². The van der Waals surface area contributed by atoms with E-state index in [2.05, 4.69) is 15.6 Å². The molecule has 2 N–H and O–H groups in total. The molecule has 28 heavy (non-hydrogen) atoms. The lowest BCUT2D eigenvalue weighted by molar-refractivity contribution is 0.00699. The number of rotatable bonds is 5.